The first-order valence-electron chi connectivity index (χ1n) is 5.11. The van der Waals surface area contributed by atoms with Crippen LogP contribution in [0.15, 0.2) is 48.2 Å². The van der Waals surface area contributed by atoms with E-state index in [9.17, 15) is 4.79 Å². The first kappa shape index (κ1) is 11.5. The van der Waals surface area contributed by atoms with Gasteiger partial charge >= 0.3 is 0 Å². The fourth-order valence-electron chi connectivity index (χ4n) is 1.51. The summed E-state index contributed by atoms with van der Waals surface area (Å²) in [7, 11) is 0. The van der Waals surface area contributed by atoms with Crippen LogP contribution in [-0.2, 0) is 4.79 Å². The van der Waals surface area contributed by atoms with Gasteiger partial charge in [-0.2, -0.15) is 0 Å². The molecule has 1 aliphatic rings. The highest BCUT2D eigenvalue weighted by molar-refractivity contribution is 6.30. The van der Waals surface area contributed by atoms with Crippen LogP contribution in [0.1, 0.15) is 0 Å². The monoisotopic (exact) mass is 249 g/mol. The van der Waals surface area contributed by atoms with Crippen molar-refractivity contribution >= 4 is 23.2 Å². The van der Waals surface area contributed by atoms with Gasteiger partial charge in [0, 0.05) is 16.8 Å². The lowest BCUT2D eigenvalue weighted by Gasteiger charge is -2.25. The van der Waals surface area contributed by atoms with E-state index in [4.69, 9.17) is 17.3 Å². The second-order valence-corrected chi connectivity index (χ2v) is 4.08. The van der Waals surface area contributed by atoms with Crippen molar-refractivity contribution in [3.63, 3.8) is 0 Å². The first-order chi connectivity index (χ1) is 8.15. The molecule has 0 aromatic heterocycles. The Bertz CT molecular complexity index is 496. The number of carbonyl (C=O) groups is 1. The van der Waals surface area contributed by atoms with Crippen molar-refractivity contribution in [3.05, 3.63) is 53.2 Å². The van der Waals surface area contributed by atoms with Gasteiger partial charge in [0.05, 0.1) is 12.2 Å². The molecule has 5 heteroatoms. The van der Waals surface area contributed by atoms with Crippen molar-refractivity contribution in [1.29, 1.82) is 0 Å². The second kappa shape index (κ2) is 4.93. The van der Waals surface area contributed by atoms with Crippen LogP contribution in [0.2, 0.25) is 5.02 Å². The molecule has 0 fully saturated rings. The molecule has 0 aliphatic carbocycles. The zero-order valence-corrected chi connectivity index (χ0v) is 9.82. The smallest absolute Gasteiger partial charge is 0.246 e. The number of halogens is 1. The van der Waals surface area contributed by atoms with E-state index in [0.29, 0.717) is 17.1 Å². The van der Waals surface area contributed by atoms with Gasteiger partial charge in [-0.3, -0.25) is 15.2 Å². The molecule has 1 aromatic rings. The lowest BCUT2D eigenvalue weighted by atomic mass is 10.2. The fraction of sp³-hybridized carbons (Fsp3) is 0.0833. The Hall–Kier alpha value is -1.94. The Morgan fingerprint density at radius 2 is 2.29 bits per heavy atom. The van der Waals surface area contributed by atoms with Gasteiger partial charge in [-0.1, -0.05) is 23.7 Å². The SMILES string of the molecule is NC(=O)C1=CC=CN(Nc2cccc(Cl)c2)C1. The van der Waals surface area contributed by atoms with Crippen LogP contribution in [0.4, 0.5) is 5.69 Å². The average Bonchev–Trinajstić information content (AvgIpc) is 2.29. The highest BCUT2D eigenvalue weighted by atomic mass is 35.5. The summed E-state index contributed by atoms with van der Waals surface area (Å²) in [6.45, 7) is 0.429. The Labute approximate surface area is 104 Å². The number of amides is 1. The van der Waals surface area contributed by atoms with Crippen LogP contribution in [0.5, 0.6) is 0 Å². The molecule has 3 N–H and O–H groups in total. The van der Waals surface area contributed by atoms with Gasteiger partial charge < -0.3 is 5.73 Å². The number of carbonyl (C=O) groups excluding carboxylic acids is 1. The van der Waals surface area contributed by atoms with Crippen molar-refractivity contribution in [2.24, 2.45) is 5.73 Å². The summed E-state index contributed by atoms with van der Waals surface area (Å²) in [5.41, 5.74) is 9.76. The maximum atomic E-state index is 11.1. The number of nitrogens with zero attached hydrogens (tertiary/aromatic N) is 1. The summed E-state index contributed by atoms with van der Waals surface area (Å²) in [6, 6.07) is 7.34. The van der Waals surface area contributed by atoms with Gasteiger partial charge in [0.15, 0.2) is 0 Å². The zero-order valence-electron chi connectivity index (χ0n) is 9.06. The average molecular weight is 250 g/mol. The van der Waals surface area contributed by atoms with Gasteiger partial charge in [0.2, 0.25) is 5.91 Å². The van der Waals surface area contributed by atoms with Crippen LogP contribution in [-0.4, -0.2) is 17.5 Å². The van der Waals surface area contributed by atoms with E-state index < -0.39 is 5.91 Å². The molecule has 1 heterocycles. The summed E-state index contributed by atoms with van der Waals surface area (Å²) in [4.78, 5) is 11.1. The lowest BCUT2D eigenvalue weighted by Crippen LogP contribution is -2.32. The predicted octanol–water partition coefficient (Wildman–Crippen LogP) is 1.91. The molecule has 1 amide bonds. The Balaban J connectivity index is 2.05. The van der Waals surface area contributed by atoms with Crippen LogP contribution in [0, 0.1) is 0 Å². The van der Waals surface area contributed by atoms with E-state index in [1.807, 2.05) is 18.3 Å². The summed E-state index contributed by atoms with van der Waals surface area (Å²) >= 11 is 5.88. The first-order valence-corrected chi connectivity index (χ1v) is 5.49. The molecule has 88 valence electrons. The third kappa shape index (κ3) is 3.01. The number of hydrazine groups is 1. The lowest BCUT2D eigenvalue weighted by molar-refractivity contribution is -0.114. The molecule has 0 atom stereocenters. The molecule has 17 heavy (non-hydrogen) atoms. The van der Waals surface area contributed by atoms with Gasteiger partial charge in [-0.05, 0) is 24.3 Å². The van der Waals surface area contributed by atoms with Crippen LogP contribution < -0.4 is 11.2 Å². The molecule has 0 unspecified atom stereocenters. The third-order valence-electron chi connectivity index (χ3n) is 2.32. The minimum Gasteiger partial charge on any atom is -0.366 e. The number of hydrogen-bond acceptors (Lipinski definition) is 3. The van der Waals surface area contributed by atoms with E-state index in [1.54, 1.807) is 29.3 Å². The van der Waals surface area contributed by atoms with Gasteiger partial charge in [-0.15, -0.1) is 0 Å². The molecule has 1 aromatic carbocycles. The number of allylic oxidation sites excluding steroid dienone is 2. The summed E-state index contributed by atoms with van der Waals surface area (Å²) in [5, 5.41) is 2.42. The number of anilines is 1. The maximum Gasteiger partial charge on any atom is 0.246 e. The summed E-state index contributed by atoms with van der Waals surface area (Å²) in [5.74, 6) is -0.410. The van der Waals surface area contributed by atoms with E-state index in [0.717, 1.165) is 5.69 Å². The van der Waals surface area contributed by atoms with Crippen LogP contribution >= 0.6 is 11.6 Å². The molecule has 0 saturated heterocycles. The molecule has 2 rings (SSSR count). The van der Waals surface area contributed by atoms with Gasteiger partial charge in [-0.25, -0.2) is 0 Å². The normalized spacial score (nSPS) is 14.4. The minimum atomic E-state index is -0.410. The molecule has 0 saturated carbocycles. The van der Waals surface area contributed by atoms with E-state index >= 15 is 0 Å². The molecular formula is C12H12ClN3O. The minimum absolute atomic E-state index is 0.410. The van der Waals surface area contributed by atoms with Crippen molar-refractivity contribution in [2.45, 2.75) is 0 Å². The van der Waals surface area contributed by atoms with E-state index in [1.165, 1.54) is 0 Å². The second-order valence-electron chi connectivity index (χ2n) is 3.65. The molecule has 1 aliphatic heterocycles. The van der Waals surface area contributed by atoms with Gasteiger partial charge in [0.25, 0.3) is 0 Å². The highest BCUT2D eigenvalue weighted by Gasteiger charge is 2.11. The summed E-state index contributed by atoms with van der Waals surface area (Å²) < 4.78 is 0. The van der Waals surface area contributed by atoms with Crippen molar-refractivity contribution < 1.29 is 4.79 Å². The van der Waals surface area contributed by atoms with Crippen molar-refractivity contribution in [3.8, 4) is 0 Å². The predicted molar refractivity (Wildman–Crippen MR) is 68.2 cm³/mol. The molecule has 0 spiro atoms. The van der Waals surface area contributed by atoms with E-state index in [-0.39, 0.29) is 0 Å². The highest BCUT2D eigenvalue weighted by Crippen LogP contribution is 2.17. The third-order valence-corrected chi connectivity index (χ3v) is 2.55. The van der Waals surface area contributed by atoms with Crippen LogP contribution in [0.3, 0.4) is 0 Å². The number of hydrogen-bond donors (Lipinski definition) is 2. The topological polar surface area (TPSA) is 58.4 Å². The zero-order chi connectivity index (χ0) is 12.3. The maximum absolute atomic E-state index is 11.1. The quantitative estimate of drug-likeness (QED) is 0.860. The number of nitrogens with one attached hydrogen (secondary N) is 1. The molecule has 0 radical (unpaired) electrons. The Kier molecular flexibility index (Phi) is 3.35. The van der Waals surface area contributed by atoms with Crippen molar-refractivity contribution in [1.82, 2.24) is 5.01 Å². The number of benzene rings is 1. The standard InChI is InChI=1S/C12H12ClN3O/c13-10-4-1-5-11(7-10)15-16-6-2-3-9(8-16)12(14)17/h1-7,15H,8H2,(H2,14,17). The number of nitrogens with two attached hydrogens (primary N) is 1. The number of rotatable bonds is 3. The largest absolute Gasteiger partial charge is 0.366 e. The Morgan fingerprint density at radius 1 is 1.47 bits per heavy atom. The Morgan fingerprint density at radius 3 is 3.00 bits per heavy atom. The molecular weight excluding hydrogens is 238 g/mol. The molecule has 4 nitrogen and oxygen atoms in total. The van der Waals surface area contributed by atoms with Crippen molar-refractivity contribution in [2.75, 3.05) is 12.0 Å². The van der Waals surface area contributed by atoms with E-state index in [2.05, 4.69) is 5.43 Å². The van der Waals surface area contributed by atoms with Crippen LogP contribution in [0.25, 0.3) is 0 Å². The fourth-order valence-corrected chi connectivity index (χ4v) is 1.70. The van der Waals surface area contributed by atoms with Gasteiger partial charge in [0.1, 0.15) is 0 Å². The molecule has 0 bridgehead atoms. The number of primary amides is 1. The summed E-state index contributed by atoms with van der Waals surface area (Å²) in [6.07, 6.45) is 5.30.